The second kappa shape index (κ2) is 9.88. The number of nitrogens with two attached hydrogens (primary N) is 1. The van der Waals surface area contributed by atoms with E-state index in [2.05, 4.69) is 5.32 Å². The maximum Gasteiger partial charge on any atom is 0.344 e. The highest BCUT2D eigenvalue weighted by Crippen LogP contribution is 2.28. The van der Waals surface area contributed by atoms with Crippen molar-refractivity contribution in [1.82, 2.24) is 5.32 Å². The summed E-state index contributed by atoms with van der Waals surface area (Å²) in [6.45, 7) is 1.86. The molecule has 1 unspecified atom stereocenters. The molecule has 1 aliphatic carbocycles. The standard InChI is InChI=1S/C23H25N3O5/c1-14(26-23(29)18-6-4-17(5-7-18)22(24)25)21(28)16-8-10-19(11-9-16)30-13-20(27)31-12-15-2-3-15/h4-11,14-15H,2-3,12-13H2,1H3,(H3,24,25)(H,26,29). The number of carbonyl (C=O) groups is 3. The zero-order valence-corrected chi connectivity index (χ0v) is 17.2. The van der Waals surface area contributed by atoms with Gasteiger partial charge in [-0.05, 0) is 62.1 Å². The second-order valence-corrected chi connectivity index (χ2v) is 7.49. The summed E-state index contributed by atoms with van der Waals surface area (Å²) < 4.78 is 10.5. The van der Waals surface area contributed by atoms with E-state index in [1.807, 2.05) is 0 Å². The maximum atomic E-state index is 12.6. The van der Waals surface area contributed by atoms with Crippen LogP contribution in [0, 0.1) is 11.3 Å². The van der Waals surface area contributed by atoms with Gasteiger partial charge < -0.3 is 20.5 Å². The lowest BCUT2D eigenvalue weighted by Crippen LogP contribution is -2.38. The fourth-order valence-corrected chi connectivity index (χ4v) is 2.79. The largest absolute Gasteiger partial charge is 0.482 e. The van der Waals surface area contributed by atoms with Crippen LogP contribution in [0.3, 0.4) is 0 Å². The number of carbonyl (C=O) groups excluding carboxylic acids is 3. The second-order valence-electron chi connectivity index (χ2n) is 7.49. The molecule has 0 spiro atoms. The summed E-state index contributed by atoms with van der Waals surface area (Å²) in [4.78, 5) is 36.6. The number of Topliss-reactive ketones (excluding diaryl/α,β-unsaturated/α-hetero) is 1. The Balaban J connectivity index is 1.49. The van der Waals surface area contributed by atoms with Crippen molar-refractivity contribution < 1.29 is 23.9 Å². The van der Waals surface area contributed by atoms with Gasteiger partial charge in [0.1, 0.15) is 11.6 Å². The molecule has 2 aromatic carbocycles. The van der Waals surface area contributed by atoms with Gasteiger partial charge in [0.05, 0.1) is 12.6 Å². The predicted octanol–water partition coefficient (Wildman–Crippen LogP) is 2.30. The third-order valence-electron chi connectivity index (χ3n) is 4.87. The number of nitrogen functional groups attached to an aromatic ring is 1. The summed E-state index contributed by atoms with van der Waals surface area (Å²) in [6, 6.07) is 11.8. The molecule has 162 valence electrons. The molecule has 0 aliphatic heterocycles. The van der Waals surface area contributed by atoms with Crippen molar-refractivity contribution in [3.05, 3.63) is 65.2 Å². The van der Waals surface area contributed by atoms with Gasteiger partial charge in [-0.1, -0.05) is 12.1 Å². The summed E-state index contributed by atoms with van der Waals surface area (Å²) >= 11 is 0. The third kappa shape index (κ3) is 6.40. The highest BCUT2D eigenvalue weighted by molar-refractivity contribution is 6.04. The first kappa shape index (κ1) is 22.0. The van der Waals surface area contributed by atoms with E-state index in [4.69, 9.17) is 20.6 Å². The van der Waals surface area contributed by atoms with Crippen molar-refractivity contribution in [2.75, 3.05) is 13.2 Å². The lowest BCUT2D eigenvalue weighted by Gasteiger charge is -2.14. The summed E-state index contributed by atoms with van der Waals surface area (Å²) in [6.07, 6.45) is 2.21. The zero-order chi connectivity index (χ0) is 22.4. The van der Waals surface area contributed by atoms with E-state index < -0.39 is 17.9 Å². The summed E-state index contributed by atoms with van der Waals surface area (Å²) in [7, 11) is 0. The number of amides is 1. The Kier molecular flexibility index (Phi) is 7.02. The molecule has 0 aromatic heterocycles. The van der Waals surface area contributed by atoms with Crippen LogP contribution < -0.4 is 15.8 Å². The molecule has 31 heavy (non-hydrogen) atoms. The first-order valence-electron chi connectivity index (χ1n) is 10.0. The van der Waals surface area contributed by atoms with Crippen LogP contribution in [0.5, 0.6) is 5.75 Å². The van der Waals surface area contributed by atoms with Crippen molar-refractivity contribution in [2.45, 2.75) is 25.8 Å². The first-order chi connectivity index (χ1) is 14.8. The minimum absolute atomic E-state index is 0.0851. The summed E-state index contributed by atoms with van der Waals surface area (Å²) in [5.74, 6) is -0.221. The Morgan fingerprint density at radius 1 is 1.03 bits per heavy atom. The van der Waals surface area contributed by atoms with E-state index in [-0.39, 0.29) is 18.2 Å². The molecule has 0 radical (unpaired) electrons. The topological polar surface area (TPSA) is 132 Å². The van der Waals surface area contributed by atoms with Crippen molar-refractivity contribution in [3.63, 3.8) is 0 Å². The van der Waals surface area contributed by atoms with Crippen LogP contribution >= 0.6 is 0 Å². The molecule has 0 heterocycles. The molecule has 1 fully saturated rings. The Morgan fingerprint density at radius 2 is 1.61 bits per heavy atom. The number of ether oxygens (including phenoxy) is 2. The molecular weight excluding hydrogens is 398 g/mol. The van der Waals surface area contributed by atoms with Crippen molar-refractivity contribution in [2.24, 2.45) is 11.7 Å². The fourth-order valence-electron chi connectivity index (χ4n) is 2.79. The minimum Gasteiger partial charge on any atom is -0.482 e. The Labute approximate surface area is 180 Å². The minimum atomic E-state index is -0.746. The number of ketones is 1. The van der Waals surface area contributed by atoms with Crippen LogP contribution in [0.1, 0.15) is 46.0 Å². The van der Waals surface area contributed by atoms with E-state index >= 15 is 0 Å². The number of nitrogens with one attached hydrogen (secondary N) is 2. The number of hydrogen-bond acceptors (Lipinski definition) is 6. The molecule has 8 heteroatoms. The first-order valence-corrected chi connectivity index (χ1v) is 10.0. The van der Waals surface area contributed by atoms with E-state index in [0.29, 0.717) is 35.0 Å². The smallest absolute Gasteiger partial charge is 0.344 e. The molecule has 3 rings (SSSR count). The number of esters is 1. The van der Waals surface area contributed by atoms with Gasteiger partial charge in [-0.15, -0.1) is 0 Å². The monoisotopic (exact) mass is 423 g/mol. The Morgan fingerprint density at radius 3 is 2.19 bits per heavy atom. The molecule has 8 nitrogen and oxygen atoms in total. The molecule has 1 atom stereocenters. The molecular formula is C23H25N3O5. The molecule has 1 saturated carbocycles. The zero-order valence-electron chi connectivity index (χ0n) is 17.2. The quantitative estimate of drug-likeness (QED) is 0.233. The van der Waals surface area contributed by atoms with Crippen LogP contribution in [0.4, 0.5) is 0 Å². The number of rotatable bonds is 10. The van der Waals surface area contributed by atoms with Crippen LogP contribution in [0.25, 0.3) is 0 Å². The maximum absolute atomic E-state index is 12.6. The van der Waals surface area contributed by atoms with Gasteiger partial charge in [-0.25, -0.2) is 4.79 Å². The molecule has 4 N–H and O–H groups in total. The normalized spacial score (nSPS) is 13.7. The summed E-state index contributed by atoms with van der Waals surface area (Å²) in [5, 5.41) is 10.0. The SMILES string of the molecule is CC(NC(=O)c1ccc(C(=N)N)cc1)C(=O)c1ccc(OCC(=O)OCC2CC2)cc1. The van der Waals surface area contributed by atoms with Gasteiger partial charge in [-0.2, -0.15) is 0 Å². The van der Waals surface area contributed by atoms with E-state index in [1.54, 1.807) is 55.5 Å². The molecule has 0 saturated heterocycles. The molecule has 1 amide bonds. The number of amidine groups is 1. The highest BCUT2D eigenvalue weighted by atomic mass is 16.6. The molecule has 0 bridgehead atoms. The summed E-state index contributed by atoms with van der Waals surface area (Å²) in [5.41, 5.74) is 6.68. The lowest BCUT2D eigenvalue weighted by molar-refractivity contribution is -0.146. The third-order valence-corrected chi connectivity index (χ3v) is 4.87. The average Bonchev–Trinajstić information content (AvgIpc) is 3.60. The van der Waals surface area contributed by atoms with Gasteiger partial charge in [0.15, 0.2) is 12.4 Å². The Hall–Kier alpha value is -3.68. The number of benzene rings is 2. The highest BCUT2D eigenvalue weighted by Gasteiger charge is 2.23. The van der Waals surface area contributed by atoms with Gasteiger partial charge in [0.25, 0.3) is 5.91 Å². The van der Waals surface area contributed by atoms with E-state index in [1.165, 1.54) is 0 Å². The van der Waals surface area contributed by atoms with Crippen molar-refractivity contribution >= 4 is 23.5 Å². The number of hydrogen-bond donors (Lipinski definition) is 3. The van der Waals surface area contributed by atoms with E-state index in [9.17, 15) is 14.4 Å². The molecule has 1 aliphatic rings. The van der Waals surface area contributed by atoms with Crippen LogP contribution in [-0.2, 0) is 9.53 Å². The molecule has 2 aromatic rings. The van der Waals surface area contributed by atoms with E-state index in [0.717, 1.165) is 12.8 Å². The van der Waals surface area contributed by atoms with Crippen LogP contribution in [0.2, 0.25) is 0 Å². The van der Waals surface area contributed by atoms with Gasteiger partial charge in [-0.3, -0.25) is 15.0 Å². The average molecular weight is 423 g/mol. The van der Waals surface area contributed by atoms with Crippen molar-refractivity contribution in [3.8, 4) is 5.75 Å². The lowest BCUT2D eigenvalue weighted by atomic mass is 10.0. The van der Waals surface area contributed by atoms with Crippen LogP contribution in [0.15, 0.2) is 48.5 Å². The van der Waals surface area contributed by atoms with Gasteiger partial charge in [0, 0.05) is 16.7 Å². The van der Waals surface area contributed by atoms with Crippen molar-refractivity contribution in [1.29, 1.82) is 5.41 Å². The van der Waals surface area contributed by atoms with Gasteiger partial charge >= 0.3 is 5.97 Å². The predicted molar refractivity (Wildman–Crippen MR) is 114 cm³/mol. The Bertz CT molecular complexity index is 966. The van der Waals surface area contributed by atoms with Gasteiger partial charge in [0.2, 0.25) is 0 Å². The van der Waals surface area contributed by atoms with Crippen LogP contribution in [-0.4, -0.2) is 42.8 Å². The fraction of sp³-hybridized carbons (Fsp3) is 0.304.